The molecule has 128 valence electrons. The number of hydrogen-bond donors (Lipinski definition) is 2. The van der Waals surface area contributed by atoms with Gasteiger partial charge < -0.3 is 15.5 Å². The quantitative estimate of drug-likeness (QED) is 0.833. The van der Waals surface area contributed by atoms with E-state index in [2.05, 4.69) is 10.6 Å². The predicted octanol–water partition coefficient (Wildman–Crippen LogP) is 2.41. The van der Waals surface area contributed by atoms with Crippen LogP contribution in [0, 0.1) is 5.92 Å². The first-order chi connectivity index (χ1) is 11.5. The number of carbonyl (C=O) groups is 3. The van der Waals surface area contributed by atoms with Crippen LogP contribution in [0.5, 0.6) is 0 Å². The van der Waals surface area contributed by atoms with E-state index in [-0.39, 0.29) is 23.6 Å². The molecule has 3 rings (SSSR count). The lowest BCUT2D eigenvalue weighted by Crippen LogP contribution is -2.47. The molecule has 1 atom stereocenters. The second-order valence-electron chi connectivity index (χ2n) is 6.64. The molecule has 0 radical (unpaired) electrons. The van der Waals surface area contributed by atoms with E-state index < -0.39 is 0 Å². The van der Waals surface area contributed by atoms with Crippen LogP contribution in [-0.4, -0.2) is 41.8 Å². The number of nitrogens with one attached hydrogen (secondary N) is 2. The van der Waals surface area contributed by atoms with Crippen LogP contribution in [-0.2, 0) is 4.79 Å². The van der Waals surface area contributed by atoms with Gasteiger partial charge in [0.25, 0.3) is 0 Å². The summed E-state index contributed by atoms with van der Waals surface area (Å²) in [5.74, 6) is -0.108. The lowest BCUT2D eigenvalue weighted by Gasteiger charge is -2.32. The van der Waals surface area contributed by atoms with Crippen molar-refractivity contribution in [3.63, 3.8) is 0 Å². The van der Waals surface area contributed by atoms with Crippen molar-refractivity contribution < 1.29 is 14.4 Å². The molecule has 2 N–H and O–H groups in total. The van der Waals surface area contributed by atoms with Crippen molar-refractivity contribution in [2.45, 2.75) is 38.6 Å². The van der Waals surface area contributed by atoms with E-state index in [9.17, 15) is 14.4 Å². The molecule has 1 saturated carbocycles. The molecular weight excluding hydrogens is 306 g/mol. The molecule has 0 unspecified atom stereocenters. The van der Waals surface area contributed by atoms with Gasteiger partial charge in [0.2, 0.25) is 5.91 Å². The highest BCUT2D eigenvalue weighted by atomic mass is 16.2. The maximum absolute atomic E-state index is 12.4. The van der Waals surface area contributed by atoms with Crippen molar-refractivity contribution in [1.82, 2.24) is 10.2 Å². The first kappa shape index (κ1) is 16.5. The Morgan fingerprint density at radius 2 is 1.96 bits per heavy atom. The zero-order valence-electron chi connectivity index (χ0n) is 13.9. The fourth-order valence-electron chi connectivity index (χ4n) is 2.94. The topological polar surface area (TPSA) is 78.5 Å². The van der Waals surface area contributed by atoms with Gasteiger partial charge in [-0.15, -0.1) is 0 Å². The molecule has 1 saturated heterocycles. The lowest BCUT2D eigenvalue weighted by atomic mass is 9.97. The number of anilines is 1. The molecule has 24 heavy (non-hydrogen) atoms. The van der Waals surface area contributed by atoms with Gasteiger partial charge in [-0.25, -0.2) is 4.79 Å². The van der Waals surface area contributed by atoms with Crippen molar-refractivity contribution in [2.75, 3.05) is 18.4 Å². The summed E-state index contributed by atoms with van der Waals surface area (Å²) in [7, 11) is 0. The number of hydrogen-bond acceptors (Lipinski definition) is 3. The monoisotopic (exact) mass is 329 g/mol. The smallest absolute Gasteiger partial charge is 0.321 e. The Balaban J connectivity index is 1.58. The van der Waals surface area contributed by atoms with Gasteiger partial charge in [-0.05, 0) is 44.7 Å². The van der Waals surface area contributed by atoms with Crippen LogP contribution in [0.25, 0.3) is 0 Å². The second-order valence-corrected chi connectivity index (χ2v) is 6.64. The Hall–Kier alpha value is -2.37. The van der Waals surface area contributed by atoms with E-state index in [1.807, 2.05) is 0 Å². The first-order valence-electron chi connectivity index (χ1n) is 8.50. The van der Waals surface area contributed by atoms with Gasteiger partial charge in [-0.2, -0.15) is 0 Å². The Morgan fingerprint density at radius 1 is 1.17 bits per heavy atom. The van der Waals surface area contributed by atoms with E-state index in [1.165, 1.54) is 6.92 Å². The van der Waals surface area contributed by atoms with Crippen molar-refractivity contribution in [3.8, 4) is 0 Å². The number of rotatable bonds is 4. The molecule has 3 amide bonds. The number of benzene rings is 1. The van der Waals surface area contributed by atoms with Gasteiger partial charge in [0.05, 0.1) is 5.92 Å². The molecular formula is C18H23N3O3. The highest BCUT2D eigenvalue weighted by Crippen LogP contribution is 2.22. The third-order valence-electron chi connectivity index (χ3n) is 4.52. The summed E-state index contributed by atoms with van der Waals surface area (Å²) in [4.78, 5) is 37.7. The average Bonchev–Trinajstić information content (AvgIpc) is 3.39. The molecule has 1 aliphatic carbocycles. The molecule has 6 heteroatoms. The van der Waals surface area contributed by atoms with Crippen LogP contribution < -0.4 is 10.6 Å². The number of carbonyl (C=O) groups excluding carboxylic acids is 3. The maximum Gasteiger partial charge on any atom is 0.321 e. The largest absolute Gasteiger partial charge is 0.353 e. The summed E-state index contributed by atoms with van der Waals surface area (Å²) >= 11 is 0. The minimum absolute atomic E-state index is 0.0408. The van der Waals surface area contributed by atoms with E-state index in [0.29, 0.717) is 30.4 Å². The predicted molar refractivity (Wildman–Crippen MR) is 90.9 cm³/mol. The van der Waals surface area contributed by atoms with Crippen LogP contribution in [0.15, 0.2) is 24.3 Å². The van der Waals surface area contributed by atoms with E-state index in [1.54, 1.807) is 29.2 Å². The number of amides is 3. The van der Waals surface area contributed by atoms with Crippen LogP contribution in [0.2, 0.25) is 0 Å². The van der Waals surface area contributed by atoms with Crippen molar-refractivity contribution in [1.29, 1.82) is 0 Å². The summed E-state index contributed by atoms with van der Waals surface area (Å²) in [6.07, 6.45) is 3.77. The third kappa shape index (κ3) is 4.13. The number of piperidine rings is 1. The van der Waals surface area contributed by atoms with Gasteiger partial charge in [-0.1, -0.05) is 12.1 Å². The molecule has 0 bridgehead atoms. The summed E-state index contributed by atoms with van der Waals surface area (Å²) in [5.41, 5.74) is 1.16. The van der Waals surface area contributed by atoms with Gasteiger partial charge in [0.15, 0.2) is 5.78 Å². The van der Waals surface area contributed by atoms with Crippen LogP contribution in [0.3, 0.4) is 0 Å². The Bertz CT molecular complexity index is 655. The zero-order chi connectivity index (χ0) is 17.1. The Morgan fingerprint density at radius 3 is 2.67 bits per heavy atom. The van der Waals surface area contributed by atoms with Crippen LogP contribution in [0.1, 0.15) is 43.0 Å². The van der Waals surface area contributed by atoms with Crippen molar-refractivity contribution in [2.24, 2.45) is 5.92 Å². The molecule has 0 spiro atoms. The number of urea groups is 1. The van der Waals surface area contributed by atoms with E-state index in [0.717, 1.165) is 25.7 Å². The SMILES string of the molecule is CC(=O)c1cccc(NC(=O)N2CCC[C@@H](C(=O)NC3CC3)C2)c1. The highest BCUT2D eigenvalue weighted by Gasteiger charge is 2.31. The normalized spacial score (nSPS) is 20.4. The Labute approximate surface area is 141 Å². The zero-order valence-corrected chi connectivity index (χ0v) is 13.9. The van der Waals surface area contributed by atoms with Gasteiger partial charge in [0, 0.05) is 30.4 Å². The van der Waals surface area contributed by atoms with Crippen molar-refractivity contribution >= 4 is 23.4 Å². The first-order valence-corrected chi connectivity index (χ1v) is 8.50. The minimum atomic E-state index is -0.223. The number of ketones is 1. The summed E-state index contributed by atoms with van der Waals surface area (Å²) in [6.45, 7) is 2.58. The van der Waals surface area contributed by atoms with Crippen molar-refractivity contribution in [3.05, 3.63) is 29.8 Å². The molecule has 2 fully saturated rings. The number of Topliss-reactive ketones (excluding diaryl/α,β-unsaturated/α-hetero) is 1. The van der Waals surface area contributed by atoms with Gasteiger partial charge in [0.1, 0.15) is 0 Å². The van der Waals surface area contributed by atoms with E-state index >= 15 is 0 Å². The average molecular weight is 329 g/mol. The minimum Gasteiger partial charge on any atom is -0.353 e. The molecule has 1 aromatic rings. The molecule has 6 nitrogen and oxygen atoms in total. The maximum atomic E-state index is 12.4. The van der Waals surface area contributed by atoms with Gasteiger partial charge >= 0.3 is 6.03 Å². The number of nitrogens with zero attached hydrogens (tertiary/aromatic N) is 1. The summed E-state index contributed by atoms with van der Waals surface area (Å²) in [6, 6.07) is 7.01. The highest BCUT2D eigenvalue weighted by molar-refractivity contribution is 5.96. The standard InChI is InChI=1S/C18H23N3O3/c1-12(22)13-4-2-6-16(10-13)20-18(24)21-9-3-5-14(11-21)17(23)19-15-7-8-15/h2,4,6,10,14-15H,3,5,7-9,11H2,1H3,(H,19,23)(H,20,24)/t14-/m1/s1. The van der Waals surface area contributed by atoms with Crippen LogP contribution in [0.4, 0.5) is 10.5 Å². The fourth-order valence-corrected chi connectivity index (χ4v) is 2.94. The van der Waals surface area contributed by atoms with Gasteiger partial charge in [-0.3, -0.25) is 9.59 Å². The lowest BCUT2D eigenvalue weighted by molar-refractivity contribution is -0.126. The molecule has 1 heterocycles. The fraction of sp³-hybridized carbons (Fsp3) is 0.500. The molecule has 0 aromatic heterocycles. The third-order valence-corrected chi connectivity index (χ3v) is 4.52. The summed E-state index contributed by atoms with van der Waals surface area (Å²) < 4.78 is 0. The molecule has 1 aromatic carbocycles. The molecule has 2 aliphatic rings. The van der Waals surface area contributed by atoms with E-state index in [4.69, 9.17) is 0 Å². The molecule has 1 aliphatic heterocycles. The summed E-state index contributed by atoms with van der Waals surface area (Å²) in [5, 5.41) is 5.84. The second kappa shape index (κ2) is 7.03. The number of likely N-dealkylation sites (tertiary alicyclic amines) is 1. The Kier molecular flexibility index (Phi) is 4.83. The van der Waals surface area contributed by atoms with Crippen LogP contribution >= 0.6 is 0 Å².